The average molecular weight is 202 g/mol. The van der Waals surface area contributed by atoms with Crippen molar-refractivity contribution >= 4 is 5.78 Å². The molecule has 1 unspecified atom stereocenters. The van der Waals surface area contributed by atoms with E-state index in [1.165, 1.54) is 0 Å². The molecule has 2 aliphatic rings. The van der Waals surface area contributed by atoms with Crippen molar-refractivity contribution in [3.05, 3.63) is 47.8 Å². The monoisotopic (exact) mass is 202 g/mol. The first-order valence-electron chi connectivity index (χ1n) is 5.23. The largest absolute Gasteiger partial charge is 0.511 e. The van der Waals surface area contributed by atoms with Crippen LogP contribution in [0.1, 0.15) is 19.3 Å². The molecule has 0 bridgehead atoms. The Kier molecular flexibility index (Phi) is 2.86. The minimum atomic E-state index is 0.0860. The van der Waals surface area contributed by atoms with E-state index >= 15 is 0 Å². The van der Waals surface area contributed by atoms with Gasteiger partial charge in [-0.05, 0) is 24.5 Å². The molecule has 0 heterocycles. The maximum Gasteiger partial charge on any atom is 0.156 e. The summed E-state index contributed by atoms with van der Waals surface area (Å²) in [6.07, 6.45) is 13.3. The molecule has 0 aliphatic heterocycles. The molecule has 1 atom stereocenters. The molecule has 0 saturated carbocycles. The van der Waals surface area contributed by atoms with Gasteiger partial charge in [-0.1, -0.05) is 30.4 Å². The number of aliphatic hydroxyl groups excluding tert-OH is 1. The molecule has 0 amide bonds. The first kappa shape index (κ1) is 9.97. The lowest BCUT2D eigenvalue weighted by molar-refractivity contribution is -0.114. The summed E-state index contributed by atoms with van der Waals surface area (Å²) in [5.41, 5.74) is 0.902. The minimum Gasteiger partial charge on any atom is -0.511 e. The molecule has 2 rings (SSSR count). The Morgan fingerprint density at radius 2 is 2.13 bits per heavy atom. The summed E-state index contributed by atoms with van der Waals surface area (Å²) in [5, 5.41) is 10.0. The first-order chi connectivity index (χ1) is 7.27. The SMILES string of the molecule is O=C1C=CC(=C(O)C2C=CC=CC2)CC1. The summed E-state index contributed by atoms with van der Waals surface area (Å²) < 4.78 is 0. The quantitative estimate of drug-likeness (QED) is 0.664. The molecule has 1 N–H and O–H groups in total. The lowest BCUT2D eigenvalue weighted by atomic mass is 9.91. The van der Waals surface area contributed by atoms with Crippen LogP contribution in [0.5, 0.6) is 0 Å². The Morgan fingerprint density at radius 3 is 2.73 bits per heavy atom. The Bertz CT molecular complexity index is 383. The number of carbonyl (C=O) groups is 1. The molecule has 0 saturated heterocycles. The zero-order valence-corrected chi connectivity index (χ0v) is 8.52. The van der Waals surface area contributed by atoms with Gasteiger partial charge in [0.2, 0.25) is 0 Å². The number of aliphatic hydroxyl groups is 1. The van der Waals surface area contributed by atoms with Crippen LogP contribution in [0.2, 0.25) is 0 Å². The van der Waals surface area contributed by atoms with Gasteiger partial charge in [-0.15, -0.1) is 0 Å². The molecule has 0 aromatic heterocycles. The van der Waals surface area contributed by atoms with Crippen LogP contribution < -0.4 is 0 Å². The van der Waals surface area contributed by atoms with Crippen LogP contribution in [0.25, 0.3) is 0 Å². The third-order valence-corrected chi connectivity index (χ3v) is 2.77. The second-order valence-electron chi connectivity index (χ2n) is 3.87. The van der Waals surface area contributed by atoms with Gasteiger partial charge in [0, 0.05) is 12.3 Å². The van der Waals surface area contributed by atoms with Gasteiger partial charge in [-0.3, -0.25) is 4.79 Å². The highest BCUT2D eigenvalue weighted by molar-refractivity contribution is 5.91. The fourth-order valence-corrected chi connectivity index (χ4v) is 1.85. The Balaban J connectivity index is 2.18. The molecule has 0 spiro atoms. The van der Waals surface area contributed by atoms with Crippen molar-refractivity contribution in [2.24, 2.45) is 5.92 Å². The van der Waals surface area contributed by atoms with Gasteiger partial charge in [-0.2, -0.15) is 0 Å². The fraction of sp³-hybridized carbons (Fsp3) is 0.308. The summed E-state index contributed by atoms with van der Waals surface area (Å²) in [6.45, 7) is 0. The Morgan fingerprint density at radius 1 is 1.27 bits per heavy atom. The smallest absolute Gasteiger partial charge is 0.156 e. The van der Waals surface area contributed by atoms with Gasteiger partial charge in [0.15, 0.2) is 5.78 Å². The topological polar surface area (TPSA) is 37.3 Å². The third-order valence-electron chi connectivity index (χ3n) is 2.77. The van der Waals surface area contributed by atoms with Crippen LogP contribution in [0.3, 0.4) is 0 Å². The van der Waals surface area contributed by atoms with Crippen LogP contribution in [0.15, 0.2) is 47.8 Å². The molecule has 0 radical (unpaired) electrons. The number of hydrogen-bond donors (Lipinski definition) is 1. The molecule has 15 heavy (non-hydrogen) atoms. The van der Waals surface area contributed by atoms with Crippen molar-refractivity contribution in [3.8, 4) is 0 Å². The maximum atomic E-state index is 11.0. The van der Waals surface area contributed by atoms with Crippen molar-refractivity contribution in [2.45, 2.75) is 19.3 Å². The predicted octanol–water partition coefficient (Wildman–Crippen LogP) is 2.85. The van der Waals surface area contributed by atoms with Crippen LogP contribution in [0.4, 0.5) is 0 Å². The summed E-state index contributed by atoms with van der Waals surface area (Å²) in [7, 11) is 0. The number of rotatable bonds is 1. The van der Waals surface area contributed by atoms with E-state index in [4.69, 9.17) is 0 Å². The van der Waals surface area contributed by atoms with E-state index < -0.39 is 0 Å². The molecular weight excluding hydrogens is 188 g/mol. The van der Waals surface area contributed by atoms with Gasteiger partial charge >= 0.3 is 0 Å². The maximum absolute atomic E-state index is 11.0. The van der Waals surface area contributed by atoms with Crippen molar-refractivity contribution in [3.63, 3.8) is 0 Å². The summed E-state index contributed by atoms with van der Waals surface area (Å²) in [4.78, 5) is 11.0. The molecule has 2 aliphatic carbocycles. The number of ketones is 1. The minimum absolute atomic E-state index is 0.0860. The van der Waals surface area contributed by atoms with Crippen molar-refractivity contribution in [2.75, 3.05) is 0 Å². The second kappa shape index (κ2) is 4.30. The van der Waals surface area contributed by atoms with Crippen LogP contribution >= 0.6 is 0 Å². The average Bonchev–Trinajstić information content (AvgIpc) is 2.30. The molecule has 2 nitrogen and oxygen atoms in total. The van der Waals surface area contributed by atoms with E-state index in [0.717, 1.165) is 12.0 Å². The van der Waals surface area contributed by atoms with E-state index in [2.05, 4.69) is 0 Å². The van der Waals surface area contributed by atoms with Gasteiger partial charge in [0.05, 0.1) is 0 Å². The molecule has 78 valence electrons. The third kappa shape index (κ3) is 2.27. The summed E-state index contributed by atoms with van der Waals surface area (Å²) in [5.74, 6) is 0.646. The highest BCUT2D eigenvalue weighted by Gasteiger charge is 2.16. The van der Waals surface area contributed by atoms with Gasteiger partial charge < -0.3 is 5.11 Å². The molecule has 0 aromatic rings. The number of carbonyl (C=O) groups excluding carboxylic acids is 1. The molecule has 0 aromatic carbocycles. The summed E-state index contributed by atoms with van der Waals surface area (Å²) in [6, 6.07) is 0. The zero-order chi connectivity index (χ0) is 10.7. The zero-order valence-electron chi connectivity index (χ0n) is 8.52. The van der Waals surface area contributed by atoms with Crippen molar-refractivity contribution in [1.29, 1.82) is 0 Å². The second-order valence-corrected chi connectivity index (χ2v) is 3.87. The van der Waals surface area contributed by atoms with E-state index in [9.17, 15) is 9.90 Å². The van der Waals surface area contributed by atoms with Gasteiger partial charge in [0.1, 0.15) is 5.76 Å². The van der Waals surface area contributed by atoms with Gasteiger partial charge in [0.25, 0.3) is 0 Å². The fourth-order valence-electron chi connectivity index (χ4n) is 1.85. The lowest BCUT2D eigenvalue weighted by Crippen LogP contribution is -2.08. The van der Waals surface area contributed by atoms with E-state index in [1.807, 2.05) is 24.3 Å². The van der Waals surface area contributed by atoms with E-state index in [1.54, 1.807) is 12.2 Å². The number of allylic oxidation sites excluding steroid dienone is 7. The highest BCUT2D eigenvalue weighted by atomic mass is 16.3. The van der Waals surface area contributed by atoms with Crippen molar-refractivity contribution in [1.82, 2.24) is 0 Å². The standard InChI is InChI=1S/C13H14O2/c14-12-8-6-11(7-9-12)13(15)10-4-2-1-3-5-10/h1-4,6,8,10,15H,5,7,9H2. The van der Waals surface area contributed by atoms with Crippen LogP contribution in [-0.2, 0) is 4.79 Å². The van der Waals surface area contributed by atoms with Crippen LogP contribution in [-0.4, -0.2) is 10.9 Å². The normalized spacial score (nSPS) is 28.3. The lowest BCUT2D eigenvalue weighted by Gasteiger charge is -2.16. The number of hydrogen-bond acceptors (Lipinski definition) is 2. The van der Waals surface area contributed by atoms with E-state index in [0.29, 0.717) is 18.6 Å². The Hall–Kier alpha value is -1.57. The molecule has 0 fully saturated rings. The molecular formula is C13H14O2. The molecule has 2 heteroatoms. The highest BCUT2D eigenvalue weighted by Crippen LogP contribution is 2.26. The van der Waals surface area contributed by atoms with Crippen LogP contribution in [0, 0.1) is 5.92 Å². The van der Waals surface area contributed by atoms with Crippen molar-refractivity contribution < 1.29 is 9.90 Å². The van der Waals surface area contributed by atoms with E-state index in [-0.39, 0.29) is 11.7 Å². The summed E-state index contributed by atoms with van der Waals surface area (Å²) >= 11 is 0. The Labute approximate surface area is 89.3 Å². The predicted molar refractivity (Wildman–Crippen MR) is 59.4 cm³/mol. The first-order valence-corrected chi connectivity index (χ1v) is 5.23. The van der Waals surface area contributed by atoms with Gasteiger partial charge in [-0.25, -0.2) is 0 Å².